The van der Waals surface area contributed by atoms with Gasteiger partial charge in [0.1, 0.15) is 12.3 Å². The number of carbonyl (C=O) groups excluding carboxylic acids is 1. The molecule has 5 aromatic rings. The highest BCUT2D eigenvalue weighted by Gasteiger charge is 2.19. The molecule has 0 spiro atoms. The number of ether oxygens (including phenoxy) is 2. The van der Waals surface area contributed by atoms with Gasteiger partial charge in [-0.25, -0.2) is 14.5 Å². The van der Waals surface area contributed by atoms with Crippen molar-refractivity contribution in [3.63, 3.8) is 0 Å². The maximum atomic E-state index is 13.7. The zero-order valence-electron chi connectivity index (χ0n) is 22.0. The Balaban J connectivity index is 1.54. The third-order valence-electron chi connectivity index (χ3n) is 6.53. The van der Waals surface area contributed by atoms with Crippen molar-refractivity contribution >= 4 is 11.6 Å². The minimum Gasteiger partial charge on any atom is -0.485 e. The second-order valence-electron chi connectivity index (χ2n) is 9.25. The Labute approximate surface area is 220 Å². The molecular weight excluding hydrogens is 480 g/mol. The molecule has 0 atom stereocenters. The van der Waals surface area contributed by atoms with E-state index in [1.807, 2.05) is 42.8 Å². The standard InChI is InChI=1S/C30H28N4O4/c1-18-12-13-25(19(2)15-18)34-20(3)16-24(32-34)27-21(4)31-28-26(11-8-14-33(28)29(27)35)38-17-22-9-6-7-10-23(22)30(36)37-5/h6-16H,17H2,1-5H3. The van der Waals surface area contributed by atoms with Crippen molar-refractivity contribution in [2.45, 2.75) is 34.3 Å². The number of pyridine rings is 1. The first-order valence-corrected chi connectivity index (χ1v) is 12.2. The summed E-state index contributed by atoms with van der Waals surface area (Å²) in [6.45, 7) is 7.98. The lowest BCUT2D eigenvalue weighted by Gasteiger charge is -2.13. The molecule has 3 aromatic heterocycles. The van der Waals surface area contributed by atoms with Gasteiger partial charge >= 0.3 is 5.97 Å². The van der Waals surface area contributed by atoms with Crippen molar-refractivity contribution in [2.75, 3.05) is 7.11 Å². The Kier molecular flexibility index (Phi) is 6.55. The van der Waals surface area contributed by atoms with E-state index in [-0.39, 0.29) is 12.2 Å². The first-order chi connectivity index (χ1) is 18.3. The maximum absolute atomic E-state index is 13.7. The molecule has 0 radical (unpaired) electrons. The first kappa shape index (κ1) is 25.0. The van der Waals surface area contributed by atoms with Crippen LogP contribution in [0.25, 0.3) is 22.6 Å². The van der Waals surface area contributed by atoms with Gasteiger partial charge in [0.25, 0.3) is 5.56 Å². The van der Waals surface area contributed by atoms with E-state index < -0.39 is 5.97 Å². The monoisotopic (exact) mass is 508 g/mol. The number of benzene rings is 2. The van der Waals surface area contributed by atoms with Crippen LogP contribution in [0.1, 0.15) is 38.4 Å². The van der Waals surface area contributed by atoms with Crippen LogP contribution in [0, 0.1) is 27.7 Å². The van der Waals surface area contributed by atoms with E-state index in [1.165, 1.54) is 17.1 Å². The van der Waals surface area contributed by atoms with E-state index in [4.69, 9.17) is 19.6 Å². The van der Waals surface area contributed by atoms with Crippen LogP contribution in [0.3, 0.4) is 0 Å². The molecule has 0 amide bonds. The van der Waals surface area contributed by atoms with Crippen LogP contribution in [-0.2, 0) is 11.3 Å². The molecule has 8 heteroatoms. The molecule has 2 aromatic carbocycles. The number of fused-ring (bicyclic) bond motifs is 1. The van der Waals surface area contributed by atoms with E-state index >= 15 is 0 Å². The Morgan fingerprint density at radius 2 is 1.76 bits per heavy atom. The number of aryl methyl sites for hydroxylation is 4. The van der Waals surface area contributed by atoms with Crippen LogP contribution >= 0.6 is 0 Å². The number of nitrogens with zero attached hydrogens (tertiary/aromatic N) is 4. The fourth-order valence-electron chi connectivity index (χ4n) is 4.65. The molecule has 38 heavy (non-hydrogen) atoms. The average Bonchev–Trinajstić information content (AvgIpc) is 3.27. The Morgan fingerprint density at radius 1 is 0.974 bits per heavy atom. The third-order valence-corrected chi connectivity index (χ3v) is 6.53. The topological polar surface area (TPSA) is 87.7 Å². The van der Waals surface area contributed by atoms with Gasteiger partial charge in [0, 0.05) is 17.5 Å². The van der Waals surface area contributed by atoms with Crippen LogP contribution in [0.15, 0.2) is 71.7 Å². The minimum atomic E-state index is -0.437. The van der Waals surface area contributed by atoms with Gasteiger partial charge in [0.2, 0.25) is 0 Å². The summed E-state index contributed by atoms with van der Waals surface area (Å²) in [6.07, 6.45) is 1.66. The maximum Gasteiger partial charge on any atom is 0.338 e. The molecule has 0 saturated heterocycles. The molecule has 0 saturated carbocycles. The fourth-order valence-corrected chi connectivity index (χ4v) is 4.65. The summed E-state index contributed by atoms with van der Waals surface area (Å²) in [5, 5.41) is 4.79. The van der Waals surface area contributed by atoms with Gasteiger partial charge in [-0.3, -0.25) is 9.20 Å². The molecule has 0 aliphatic carbocycles. The number of aromatic nitrogens is 4. The summed E-state index contributed by atoms with van der Waals surface area (Å²) in [5.74, 6) is -0.0107. The minimum absolute atomic E-state index is 0.112. The number of hydrogen-bond donors (Lipinski definition) is 0. The SMILES string of the molecule is COC(=O)c1ccccc1COc1cccn2c(=O)c(-c3cc(C)n(-c4ccc(C)cc4C)n3)c(C)nc12. The smallest absolute Gasteiger partial charge is 0.338 e. The first-order valence-electron chi connectivity index (χ1n) is 12.2. The van der Waals surface area contributed by atoms with Crippen LogP contribution in [0.2, 0.25) is 0 Å². The zero-order valence-corrected chi connectivity index (χ0v) is 22.0. The van der Waals surface area contributed by atoms with Crippen molar-refractivity contribution in [1.29, 1.82) is 0 Å². The highest BCUT2D eigenvalue weighted by Crippen LogP contribution is 2.26. The second-order valence-corrected chi connectivity index (χ2v) is 9.25. The van der Waals surface area contributed by atoms with Gasteiger partial charge in [0.05, 0.1) is 29.6 Å². The molecule has 0 aliphatic heterocycles. The lowest BCUT2D eigenvalue weighted by Crippen LogP contribution is -2.19. The highest BCUT2D eigenvalue weighted by molar-refractivity contribution is 5.90. The normalized spacial score (nSPS) is 11.1. The van der Waals surface area contributed by atoms with E-state index in [1.54, 1.807) is 43.5 Å². The van der Waals surface area contributed by atoms with E-state index in [2.05, 4.69) is 13.0 Å². The molecule has 192 valence electrons. The van der Waals surface area contributed by atoms with Crippen LogP contribution in [0.5, 0.6) is 5.75 Å². The van der Waals surface area contributed by atoms with Gasteiger partial charge in [0.15, 0.2) is 11.4 Å². The summed E-state index contributed by atoms with van der Waals surface area (Å²) in [7, 11) is 1.34. The lowest BCUT2D eigenvalue weighted by molar-refractivity contribution is 0.0597. The molecule has 0 fully saturated rings. The molecule has 0 N–H and O–H groups in total. The summed E-state index contributed by atoms with van der Waals surface area (Å²) >= 11 is 0. The zero-order chi connectivity index (χ0) is 27.0. The summed E-state index contributed by atoms with van der Waals surface area (Å²) in [6, 6.07) is 18.7. The summed E-state index contributed by atoms with van der Waals surface area (Å²) < 4.78 is 14.3. The van der Waals surface area contributed by atoms with Crippen molar-refractivity contribution in [3.8, 4) is 22.7 Å². The third kappa shape index (κ3) is 4.45. The molecule has 5 rings (SSSR count). The van der Waals surface area contributed by atoms with Gasteiger partial charge in [-0.1, -0.05) is 35.9 Å². The average molecular weight is 509 g/mol. The number of rotatable bonds is 6. The molecule has 3 heterocycles. The number of hydrogen-bond acceptors (Lipinski definition) is 6. The molecule has 0 bridgehead atoms. The van der Waals surface area contributed by atoms with Crippen molar-refractivity contribution in [2.24, 2.45) is 0 Å². The van der Waals surface area contributed by atoms with Gasteiger partial charge in [-0.2, -0.15) is 5.10 Å². The molecular formula is C30H28N4O4. The molecule has 0 unspecified atom stereocenters. The number of carbonyl (C=O) groups is 1. The van der Waals surface area contributed by atoms with Crippen LogP contribution in [-0.4, -0.2) is 32.2 Å². The van der Waals surface area contributed by atoms with E-state index in [0.717, 1.165) is 16.9 Å². The Hall–Kier alpha value is -4.72. The fraction of sp³-hybridized carbons (Fsp3) is 0.200. The lowest BCUT2D eigenvalue weighted by atomic mass is 10.1. The van der Waals surface area contributed by atoms with Gasteiger partial charge in [-0.05, 0) is 63.6 Å². The van der Waals surface area contributed by atoms with Crippen LogP contribution < -0.4 is 10.3 Å². The largest absolute Gasteiger partial charge is 0.485 e. The van der Waals surface area contributed by atoms with Gasteiger partial charge in [-0.15, -0.1) is 0 Å². The number of methoxy groups -OCH3 is 1. The second kappa shape index (κ2) is 9.97. The van der Waals surface area contributed by atoms with Crippen molar-refractivity contribution in [3.05, 3.63) is 111 Å². The van der Waals surface area contributed by atoms with Gasteiger partial charge < -0.3 is 9.47 Å². The highest BCUT2D eigenvalue weighted by atomic mass is 16.5. The molecule has 0 aliphatic rings. The number of esters is 1. The predicted molar refractivity (Wildman–Crippen MR) is 145 cm³/mol. The van der Waals surface area contributed by atoms with E-state index in [9.17, 15) is 9.59 Å². The summed E-state index contributed by atoms with van der Waals surface area (Å²) in [5.41, 5.74) is 6.94. The van der Waals surface area contributed by atoms with Crippen molar-refractivity contribution < 1.29 is 14.3 Å². The molecule has 8 nitrogen and oxygen atoms in total. The van der Waals surface area contributed by atoms with Crippen LogP contribution in [0.4, 0.5) is 0 Å². The van der Waals surface area contributed by atoms with Crippen molar-refractivity contribution in [1.82, 2.24) is 19.2 Å². The quantitative estimate of drug-likeness (QED) is 0.295. The van der Waals surface area contributed by atoms with E-state index in [0.29, 0.717) is 39.5 Å². The predicted octanol–water partition coefficient (Wildman–Crippen LogP) is 5.15. The Bertz CT molecular complexity index is 1750. The Morgan fingerprint density at radius 3 is 2.53 bits per heavy atom. The summed E-state index contributed by atoms with van der Waals surface area (Å²) in [4.78, 5) is 30.5.